The molecule has 1 saturated heterocycles. The Balaban J connectivity index is 2.22. The fourth-order valence-corrected chi connectivity index (χ4v) is 3.43. The molecule has 0 radical (unpaired) electrons. The maximum Gasteiger partial charge on any atom is 0.255 e. The van der Waals surface area contributed by atoms with Gasteiger partial charge in [-0.05, 0) is 37.7 Å². The molecule has 1 aromatic heterocycles. The number of rotatable bonds is 9. The van der Waals surface area contributed by atoms with Crippen LogP contribution in [0.5, 0.6) is 0 Å². The van der Waals surface area contributed by atoms with Crippen molar-refractivity contribution in [3.63, 3.8) is 0 Å². The zero-order valence-electron chi connectivity index (χ0n) is 18.1. The minimum atomic E-state index is -1.20. The van der Waals surface area contributed by atoms with Crippen molar-refractivity contribution in [3.8, 4) is 0 Å². The quantitative estimate of drug-likeness (QED) is 0.612. The second kappa shape index (κ2) is 9.88. The van der Waals surface area contributed by atoms with Crippen molar-refractivity contribution >= 4 is 23.5 Å². The van der Waals surface area contributed by atoms with Crippen LogP contribution in [-0.2, 0) is 19.1 Å². The van der Waals surface area contributed by atoms with Crippen molar-refractivity contribution in [2.24, 2.45) is 17.6 Å². The molecular weight excluding hydrogens is 390 g/mol. The highest BCUT2D eigenvalue weighted by Crippen LogP contribution is 2.21. The lowest BCUT2D eigenvalue weighted by molar-refractivity contribution is -0.141. The molecule has 0 saturated carbocycles. The van der Waals surface area contributed by atoms with Crippen LogP contribution >= 0.6 is 0 Å². The standard InChI is InChI=1S/C21H31N3O6/c1-11(2)12(3)6-7-15(23-20(27)14-8-9-29-13(14)4)21(28)24(5)17-16(25)10-30-18(17)19(22)26/h8-9,11-12,15,17-18H,6-7,10H2,1-5H3,(H2,22,26)(H,23,27)/t12?,15-,17?,18?/m0/s1. The smallest absolute Gasteiger partial charge is 0.255 e. The van der Waals surface area contributed by atoms with E-state index < -0.39 is 41.7 Å². The first-order valence-electron chi connectivity index (χ1n) is 10.1. The zero-order chi connectivity index (χ0) is 22.6. The van der Waals surface area contributed by atoms with Crippen molar-refractivity contribution in [1.29, 1.82) is 0 Å². The molecule has 9 nitrogen and oxygen atoms in total. The molecule has 0 bridgehead atoms. The van der Waals surface area contributed by atoms with E-state index in [2.05, 4.69) is 26.1 Å². The van der Waals surface area contributed by atoms with E-state index >= 15 is 0 Å². The third-order valence-electron chi connectivity index (χ3n) is 5.82. The highest BCUT2D eigenvalue weighted by atomic mass is 16.5. The lowest BCUT2D eigenvalue weighted by atomic mass is 9.91. The molecule has 3 unspecified atom stereocenters. The Morgan fingerprint density at radius 1 is 1.27 bits per heavy atom. The maximum absolute atomic E-state index is 13.2. The topological polar surface area (TPSA) is 132 Å². The van der Waals surface area contributed by atoms with Gasteiger partial charge >= 0.3 is 0 Å². The van der Waals surface area contributed by atoms with Gasteiger partial charge in [-0.1, -0.05) is 20.8 Å². The van der Waals surface area contributed by atoms with Crippen molar-refractivity contribution in [3.05, 3.63) is 23.7 Å². The van der Waals surface area contributed by atoms with Gasteiger partial charge in [0.05, 0.1) is 11.8 Å². The van der Waals surface area contributed by atoms with Gasteiger partial charge < -0.3 is 25.1 Å². The Morgan fingerprint density at radius 2 is 1.93 bits per heavy atom. The molecule has 2 rings (SSSR count). The molecule has 0 aromatic carbocycles. The number of ketones is 1. The molecule has 9 heteroatoms. The number of nitrogens with zero attached hydrogens (tertiary/aromatic N) is 1. The summed E-state index contributed by atoms with van der Waals surface area (Å²) in [6.07, 6.45) is 1.28. The van der Waals surface area contributed by atoms with Crippen LogP contribution in [0, 0.1) is 18.8 Å². The van der Waals surface area contributed by atoms with Crippen LogP contribution in [0.1, 0.15) is 49.7 Å². The normalized spacial score (nSPS) is 20.8. The number of nitrogens with two attached hydrogens (primary N) is 1. The monoisotopic (exact) mass is 421 g/mol. The van der Waals surface area contributed by atoms with Gasteiger partial charge in [0.15, 0.2) is 11.9 Å². The van der Waals surface area contributed by atoms with E-state index in [0.29, 0.717) is 36.0 Å². The molecule has 3 N–H and O–H groups in total. The lowest BCUT2D eigenvalue weighted by Gasteiger charge is -2.30. The largest absolute Gasteiger partial charge is 0.469 e. The van der Waals surface area contributed by atoms with E-state index in [-0.39, 0.29) is 6.61 Å². The van der Waals surface area contributed by atoms with Crippen LogP contribution in [0.15, 0.2) is 16.7 Å². The molecule has 166 valence electrons. The average Bonchev–Trinajstić information content (AvgIpc) is 3.28. The molecule has 2 heterocycles. The van der Waals surface area contributed by atoms with Crippen molar-refractivity contribution < 1.29 is 28.3 Å². The first-order valence-corrected chi connectivity index (χ1v) is 10.1. The molecule has 1 aromatic rings. The Hall–Kier alpha value is -2.68. The van der Waals surface area contributed by atoms with Crippen LogP contribution in [-0.4, -0.2) is 60.2 Å². The minimum Gasteiger partial charge on any atom is -0.469 e. The summed E-state index contributed by atoms with van der Waals surface area (Å²) in [5.41, 5.74) is 5.66. The number of carbonyl (C=O) groups excluding carboxylic acids is 4. The SMILES string of the molecule is Cc1occc1C(=O)N[C@@H](CCC(C)C(C)C)C(=O)N(C)C1C(=O)COC1C(N)=O. The van der Waals surface area contributed by atoms with Crippen molar-refractivity contribution in [2.75, 3.05) is 13.7 Å². The second-order valence-electron chi connectivity index (χ2n) is 8.21. The maximum atomic E-state index is 13.2. The summed E-state index contributed by atoms with van der Waals surface area (Å²) in [7, 11) is 1.42. The highest BCUT2D eigenvalue weighted by molar-refractivity contribution is 6.01. The van der Waals surface area contributed by atoms with Crippen LogP contribution < -0.4 is 11.1 Å². The van der Waals surface area contributed by atoms with Crippen LogP contribution in [0.3, 0.4) is 0 Å². The van der Waals surface area contributed by atoms with E-state index in [1.165, 1.54) is 19.4 Å². The minimum absolute atomic E-state index is 0.286. The van der Waals surface area contributed by atoms with Crippen LogP contribution in [0.2, 0.25) is 0 Å². The summed E-state index contributed by atoms with van der Waals surface area (Å²) >= 11 is 0. The molecule has 1 aliphatic rings. The molecule has 1 fully saturated rings. The summed E-state index contributed by atoms with van der Waals surface area (Å²) in [5, 5.41) is 2.76. The summed E-state index contributed by atoms with van der Waals surface area (Å²) < 4.78 is 10.3. The molecule has 1 aliphatic heterocycles. The van der Waals surface area contributed by atoms with Crippen LogP contribution in [0.4, 0.5) is 0 Å². The van der Waals surface area contributed by atoms with E-state index in [4.69, 9.17) is 14.9 Å². The number of aryl methyl sites for hydroxylation is 1. The molecule has 0 spiro atoms. The van der Waals surface area contributed by atoms with Gasteiger partial charge in [0.1, 0.15) is 24.5 Å². The fourth-order valence-electron chi connectivity index (χ4n) is 3.43. The third kappa shape index (κ3) is 5.27. The van der Waals surface area contributed by atoms with Gasteiger partial charge in [-0.2, -0.15) is 0 Å². The number of hydrogen-bond donors (Lipinski definition) is 2. The van der Waals surface area contributed by atoms with Gasteiger partial charge in [-0.25, -0.2) is 0 Å². The second-order valence-corrected chi connectivity index (χ2v) is 8.21. The number of carbonyl (C=O) groups is 4. The molecule has 30 heavy (non-hydrogen) atoms. The number of amides is 3. The van der Waals surface area contributed by atoms with E-state index in [1.54, 1.807) is 6.92 Å². The highest BCUT2D eigenvalue weighted by Gasteiger charge is 2.45. The number of hydrogen-bond acceptors (Lipinski definition) is 6. The summed E-state index contributed by atoms with van der Waals surface area (Å²) in [4.78, 5) is 51.0. The fraction of sp³-hybridized carbons (Fsp3) is 0.619. The molecule has 4 atom stereocenters. The number of Topliss-reactive ketones (excluding diaryl/α,β-unsaturated/α-hetero) is 1. The van der Waals surface area contributed by atoms with E-state index in [9.17, 15) is 19.2 Å². The third-order valence-corrected chi connectivity index (χ3v) is 5.82. The predicted molar refractivity (Wildman–Crippen MR) is 108 cm³/mol. The van der Waals surface area contributed by atoms with Gasteiger partial charge in [0, 0.05) is 7.05 Å². The van der Waals surface area contributed by atoms with E-state index in [1.807, 2.05) is 0 Å². The number of ether oxygens (including phenoxy) is 1. The number of furan rings is 1. The molecule has 0 aliphatic carbocycles. The van der Waals surface area contributed by atoms with Crippen molar-refractivity contribution in [1.82, 2.24) is 10.2 Å². The number of nitrogens with one attached hydrogen (secondary N) is 1. The first-order chi connectivity index (χ1) is 14.0. The van der Waals surface area contributed by atoms with Crippen LogP contribution in [0.25, 0.3) is 0 Å². The van der Waals surface area contributed by atoms with Gasteiger partial charge in [-0.3, -0.25) is 19.2 Å². The Bertz CT molecular complexity index is 802. The first kappa shape index (κ1) is 23.6. The van der Waals surface area contributed by atoms with Crippen molar-refractivity contribution in [2.45, 2.75) is 58.7 Å². The Labute approximate surface area is 176 Å². The average molecular weight is 421 g/mol. The predicted octanol–water partition coefficient (Wildman–Crippen LogP) is 1.04. The summed E-state index contributed by atoms with van der Waals surface area (Å²) in [6.45, 7) is 7.63. The molecular formula is C21H31N3O6. The summed E-state index contributed by atoms with van der Waals surface area (Å²) in [6, 6.07) is -0.447. The Morgan fingerprint density at radius 3 is 2.47 bits per heavy atom. The summed E-state index contributed by atoms with van der Waals surface area (Å²) in [5.74, 6) is -0.950. The Kier molecular flexibility index (Phi) is 7.77. The van der Waals surface area contributed by atoms with Gasteiger partial charge in [-0.15, -0.1) is 0 Å². The van der Waals surface area contributed by atoms with Gasteiger partial charge in [0.25, 0.3) is 5.91 Å². The lowest BCUT2D eigenvalue weighted by Crippen LogP contribution is -2.56. The van der Waals surface area contributed by atoms with E-state index in [0.717, 1.165) is 4.90 Å². The van der Waals surface area contributed by atoms with Gasteiger partial charge in [0.2, 0.25) is 11.8 Å². The number of primary amides is 1. The zero-order valence-corrected chi connectivity index (χ0v) is 18.1. The number of likely N-dealkylation sites (N-methyl/N-ethyl adjacent to an activating group) is 1. The molecule has 3 amide bonds.